The van der Waals surface area contributed by atoms with Crippen molar-refractivity contribution in [3.8, 4) is 0 Å². The first-order valence-corrected chi connectivity index (χ1v) is 15.4. The molecule has 11 nitrogen and oxygen atoms in total. The molecule has 0 amide bonds. The Morgan fingerprint density at radius 1 is 1.05 bits per heavy atom. The molecule has 38 heavy (non-hydrogen) atoms. The highest BCUT2D eigenvalue weighted by atomic mass is 32.3. The van der Waals surface area contributed by atoms with Gasteiger partial charge < -0.3 is 18.9 Å². The Bertz CT molecular complexity index is 923. The second-order valence-corrected chi connectivity index (χ2v) is 11.4. The Hall–Kier alpha value is -1.41. The Balaban J connectivity index is 0.000000391. The van der Waals surface area contributed by atoms with Crippen LogP contribution >= 0.6 is 0 Å². The maximum Gasteiger partial charge on any atom is 0.334 e. The summed E-state index contributed by atoms with van der Waals surface area (Å²) in [6.45, 7) is 15.9. The van der Waals surface area contributed by atoms with Crippen molar-refractivity contribution in [2.75, 3.05) is 32.8 Å². The molecule has 1 saturated heterocycles. The Labute approximate surface area is 228 Å². The lowest BCUT2D eigenvalue weighted by molar-refractivity contribution is -0.929. The lowest BCUT2D eigenvalue weighted by Crippen LogP contribution is -2.50. The highest BCUT2D eigenvalue weighted by Crippen LogP contribution is 2.28. The predicted octanol–water partition coefficient (Wildman–Crippen LogP) is 3.53. The van der Waals surface area contributed by atoms with Gasteiger partial charge in [-0.1, -0.05) is 53.4 Å². The maximum absolute atomic E-state index is 11.7. The molecule has 0 saturated carbocycles. The fourth-order valence-corrected chi connectivity index (χ4v) is 4.94. The Morgan fingerprint density at radius 3 is 1.95 bits per heavy atom. The number of nitrogens with zero attached hydrogens (tertiary/aromatic N) is 2. The zero-order chi connectivity index (χ0) is 28.8. The normalized spacial score (nSPS) is 21.1. The number of hydrogen-bond donors (Lipinski definition) is 3. The van der Waals surface area contributed by atoms with Gasteiger partial charge in [-0.3, -0.25) is 14.3 Å². The summed E-state index contributed by atoms with van der Waals surface area (Å²) < 4.78 is 41.4. The second kappa shape index (κ2) is 17.3. The summed E-state index contributed by atoms with van der Waals surface area (Å²) in [4.78, 5) is 25.1. The summed E-state index contributed by atoms with van der Waals surface area (Å²) in [7, 11) is -4.64. The largest absolute Gasteiger partial charge is 0.556 e. The van der Waals surface area contributed by atoms with Crippen molar-refractivity contribution in [2.24, 2.45) is 0 Å². The number of aromatic amines is 1. The van der Waals surface area contributed by atoms with E-state index < -0.39 is 47.1 Å². The third-order valence-corrected chi connectivity index (χ3v) is 7.42. The summed E-state index contributed by atoms with van der Waals surface area (Å²) in [5.41, 5.74) is -0.953. The molecule has 0 bridgehead atoms. The first kappa shape index (κ1) is 34.6. The van der Waals surface area contributed by atoms with Crippen LogP contribution in [0.25, 0.3) is 0 Å². The van der Waals surface area contributed by atoms with Crippen LogP contribution in [0, 0.1) is 6.92 Å². The molecular weight excluding hydrogens is 514 g/mol. The third-order valence-electron chi connectivity index (χ3n) is 6.99. The monoisotopic (exact) mass is 564 g/mol. The Kier molecular flexibility index (Phi) is 15.8. The predicted molar refractivity (Wildman–Crippen MR) is 147 cm³/mol. The van der Waals surface area contributed by atoms with Crippen LogP contribution in [0.1, 0.15) is 97.3 Å². The quantitative estimate of drug-likeness (QED) is 0.204. The van der Waals surface area contributed by atoms with Crippen LogP contribution in [0.3, 0.4) is 0 Å². The molecule has 0 spiro atoms. The van der Waals surface area contributed by atoms with E-state index in [0.29, 0.717) is 0 Å². The molecule has 0 aromatic carbocycles. The summed E-state index contributed by atoms with van der Waals surface area (Å²) in [6.07, 6.45) is 9.35. The first-order chi connectivity index (χ1) is 17.9. The van der Waals surface area contributed by atoms with Gasteiger partial charge in [0.1, 0.15) is 18.9 Å². The number of hydrogen-bond acceptors (Lipinski definition) is 7. The SMILES string of the molecule is CCCC[N+](CCCC)(CCCC)CCCC.Cc1cn([C@H]2C[C@H](O)[C@@H](CO[S+](=O)([O-])O)O2)c(=O)[nH]c1=O. The second-order valence-electron chi connectivity index (χ2n) is 10.3. The Morgan fingerprint density at radius 2 is 1.53 bits per heavy atom. The van der Waals surface area contributed by atoms with Gasteiger partial charge in [-0.2, -0.15) is 4.55 Å². The number of rotatable bonds is 16. The molecule has 2 heterocycles. The van der Waals surface area contributed by atoms with Crippen molar-refractivity contribution in [2.45, 2.75) is 111 Å². The number of nitrogens with one attached hydrogen (secondary N) is 1. The smallest absolute Gasteiger partial charge is 0.334 e. The molecule has 0 aliphatic carbocycles. The molecule has 1 aromatic rings. The molecular formula is C26H50N3O8S+. The van der Waals surface area contributed by atoms with Crippen molar-refractivity contribution >= 4 is 10.8 Å². The number of ether oxygens (including phenoxy) is 1. The average Bonchev–Trinajstić information content (AvgIpc) is 3.24. The van der Waals surface area contributed by atoms with Crippen molar-refractivity contribution in [3.05, 3.63) is 32.6 Å². The van der Waals surface area contributed by atoms with Crippen LogP contribution < -0.4 is 11.2 Å². The van der Waals surface area contributed by atoms with Gasteiger partial charge in [0.25, 0.3) is 5.56 Å². The number of aliphatic hydroxyl groups is 1. The number of unbranched alkanes of at least 4 members (excludes halogenated alkanes) is 4. The van der Waals surface area contributed by atoms with E-state index in [9.17, 15) is 23.5 Å². The maximum atomic E-state index is 11.7. The van der Waals surface area contributed by atoms with Crippen molar-refractivity contribution in [3.63, 3.8) is 0 Å². The average molecular weight is 565 g/mol. The van der Waals surface area contributed by atoms with Gasteiger partial charge in [-0.05, 0) is 36.8 Å². The molecule has 12 heteroatoms. The standard InChI is InChI=1S/C16H36N.C10H14N2O8S/c1-5-9-13-17(14-10-6-2,15-11-7-3)16-12-8-4;1-5-3-12(10(15)11-9(5)14)8-2-6(13)7(20-8)4-19-21(16,17)18/h5-16H2,1-4H3;3,6-8,13H,2,4H2,1H3,(H2-,11,14,15,16,17,18)/q+1;/t;6-,7+,8+/m.0/s1. The molecule has 4 atom stereocenters. The van der Waals surface area contributed by atoms with Gasteiger partial charge >= 0.3 is 16.5 Å². The number of aromatic nitrogens is 2. The highest BCUT2D eigenvalue weighted by Gasteiger charge is 2.37. The highest BCUT2D eigenvalue weighted by molar-refractivity contribution is 7.87. The minimum Gasteiger partial charge on any atom is -0.556 e. The van der Waals surface area contributed by atoms with E-state index in [4.69, 9.17) is 9.29 Å². The number of aliphatic hydroxyl groups excluding tert-OH is 1. The van der Waals surface area contributed by atoms with Crippen molar-refractivity contribution in [1.82, 2.24) is 9.55 Å². The summed E-state index contributed by atoms with van der Waals surface area (Å²) in [5, 5.41) is 9.76. The topological polar surface area (TPSA) is 154 Å². The van der Waals surface area contributed by atoms with Gasteiger partial charge in [-0.15, -0.1) is 4.18 Å². The van der Waals surface area contributed by atoms with Crippen molar-refractivity contribution < 1.29 is 31.8 Å². The molecule has 1 fully saturated rings. The molecule has 222 valence electrons. The van der Waals surface area contributed by atoms with Crippen molar-refractivity contribution in [1.29, 1.82) is 0 Å². The van der Waals surface area contributed by atoms with Crippen LogP contribution in [0.15, 0.2) is 15.8 Å². The van der Waals surface area contributed by atoms with Gasteiger partial charge in [0.2, 0.25) is 0 Å². The zero-order valence-corrected chi connectivity index (χ0v) is 24.7. The number of H-pyrrole nitrogens is 1. The molecule has 0 radical (unpaired) electrons. The molecule has 1 aliphatic rings. The molecule has 3 N–H and O–H groups in total. The van der Waals surface area contributed by atoms with Crippen LogP contribution in [0.5, 0.6) is 0 Å². The lowest BCUT2D eigenvalue weighted by Gasteiger charge is -2.39. The lowest BCUT2D eigenvalue weighted by atomic mass is 10.1. The van der Waals surface area contributed by atoms with E-state index in [0.717, 1.165) is 4.57 Å². The fourth-order valence-electron chi connectivity index (χ4n) is 4.63. The third kappa shape index (κ3) is 12.2. The van der Waals surface area contributed by atoms with Gasteiger partial charge in [0.15, 0.2) is 0 Å². The van der Waals surface area contributed by atoms with Crippen LogP contribution in [0.4, 0.5) is 0 Å². The number of aryl methyl sites for hydroxylation is 1. The van der Waals surface area contributed by atoms with E-state index in [1.807, 2.05) is 0 Å². The minimum atomic E-state index is -4.64. The van der Waals surface area contributed by atoms with Gasteiger partial charge in [0.05, 0.1) is 32.3 Å². The summed E-state index contributed by atoms with van der Waals surface area (Å²) in [6, 6.07) is 0. The van der Waals surface area contributed by atoms with E-state index in [1.165, 1.54) is 95.1 Å². The van der Waals surface area contributed by atoms with E-state index in [-0.39, 0.29) is 12.0 Å². The van der Waals surface area contributed by atoms with Crippen LogP contribution in [-0.4, -0.2) is 73.2 Å². The zero-order valence-electron chi connectivity index (χ0n) is 23.9. The minimum absolute atomic E-state index is 0.00485. The molecule has 1 aromatic heterocycles. The first-order valence-electron chi connectivity index (χ1n) is 14.0. The number of quaternary nitrogens is 1. The molecule has 2 rings (SSSR count). The van der Waals surface area contributed by atoms with E-state index >= 15 is 0 Å². The van der Waals surface area contributed by atoms with Gasteiger partial charge in [-0.25, -0.2) is 4.79 Å². The summed E-state index contributed by atoms with van der Waals surface area (Å²) >= 11 is 0. The molecule has 1 unspecified atom stereocenters. The fraction of sp³-hybridized carbons (Fsp3) is 0.846. The summed E-state index contributed by atoms with van der Waals surface area (Å²) in [5.74, 6) is 0. The van der Waals surface area contributed by atoms with Crippen LogP contribution in [-0.2, 0) is 23.9 Å². The molecule has 1 aliphatic heterocycles. The van der Waals surface area contributed by atoms with E-state index in [1.54, 1.807) is 0 Å². The van der Waals surface area contributed by atoms with Crippen LogP contribution in [0.2, 0.25) is 0 Å². The van der Waals surface area contributed by atoms with E-state index in [2.05, 4.69) is 36.9 Å². The van der Waals surface area contributed by atoms with Gasteiger partial charge in [0, 0.05) is 18.2 Å².